The Morgan fingerprint density at radius 3 is 2.32 bits per heavy atom. The van der Waals surface area contributed by atoms with Crippen LogP contribution in [0.15, 0.2) is 73.1 Å². The summed E-state index contributed by atoms with van der Waals surface area (Å²) >= 11 is 0. The second kappa shape index (κ2) is 11.2. The molecule has 0 bridgehead atoms. The van der Waals surface area contributed by atoms with E-state index in [1.807, 2.05) is 24.3 Å². The minimum absolute atomic E-state index is 0.106. The van der Waals surface area contributed by atoms with Crippen LogP contribution in [0.5, 0.6) is 5.75 Å². The lowest BCUT2D eigenvalue weighted by Crippen LogP contribution is -2.41. The molecular formula is C31H35N5O2. The summed E-state index contributed by atoms with van der Waals surface area (Å²) in [7, 11) is 3.60. The van der Waals surface area contributed by atoms with E-state index in [0.717, 1.165) is 52.5 Å². The van der Waals surface area contributed by atoms with Crippen molar-refractivity contribution in [2.24, 2.45) is 0 Å². The van der Waals surface area contributed by atoms with E-state index in [9.17, 15) is 4.79 Å². The number of nitrogens with zero attached hydrogens (tertiary/aromatic N) is 5. The second-order valence-electron chi connectivity index (χ2n) is 10.3. The zero-order valence-corrected chi connectivity index (χ0v) is 22.6. The Morgan fingerprint density at radius 1 is 0.947 bits per heavy atom. The molecule has 0 spiro atoms. The van der Waals surface area contributed by atoms with Gasteiger partial charge in [-0.15, -0.1) is 0 Å². The molecular weight excluding hydrogens is 474 g/mol. The van der Waals surface area contributed by atoms with Crippen LogP contribution in [0.2, 0.25) is 0 Å². The highest BCUT2D eigenvalue weighted by Gasteiger charge is 2.27. The average molecular weight is 510 g/mol. The van der Waals surface area contributed by atoms with Gasteiger partial charge in [-0.3, -0.25) is 19.4 Å². The van der Waals surface area contributed by atoms with Gasteiger partial charge in [-0.05, 0) is 46.9 Å². The van der Waals surface area contributed by atoms with Gasteiger partial charge in [0.25, 0.3) is 0 Å². The van der Waals surface area contributed by atoms with Crippen LogP contribution in [0.25, 0.3) is 22.4 Å². The van der Waals surface area contributed by atoms with Gasteiger partial charge in [-0.25, -0.2) is 0 Å². The summed E-state index contributed by atoms with van der Waals surface area (Å²) in [5.74, 6) is 1.45. The molecule has 1 aliphatic rings. The lowest BCUT2D eigenvalue weighted by molar-refractivity contribution is -0.130. The number of carbonyl (C=O) groups is 1. The highest BCUT2D eigenvalue weighted by Crippen LogP contribution is 2.37. The normalized spacial score (nSPS) is 13.4. The van der Waals surface area contributed by atoms with Gasteiger partial charge in [0.15, 0.2) is 0 Å². The number of rotatable bonds is 8. The maximum absolute atomic E-state index is 12.4. The van der Waals surface area contributed by atoms with Gasteiger partial charge in [0.1, 0.15) is 18.1 Å². The first-order chi connectivity index (χ1) is 18.4. The molecule has 7 heteroatoms. The van der Waals surface area contributed by atoms with Crippen LogP contribution in [0, 0.1) is 0 Å². The first-order valence-electron chi connectivity index (χ1n) is 13.1. The van der Waals surface area contributed by atoms with E-state index in [0.29, 0.717) is 25.6 Å². The lowest BCUT2D eigenvalue weighted by Gasteiger charge is -2.28. The highest BCUT2D eigenvalue weighted by atomic mass is 16.5. The quantitative estimate of drug-likeness (QED) is 0.326. The van der Waals surface area contributed by atoms with Gasteiger partial charge in [0.05, 0.1) is 18.8 Å². The van der Waals surface area contributed by atoms with Gasteiger partial charge in [-0.1, -0.05) is 50.2 Å². The van der Waals surface area contributed by atoms with E-state index in [1.54, 1.807) is 31.4 Å². The third-order valence-corrected chi connectivity index (χ3v) is 7.07. The minimum atomic E-state index is 0.106. The highest BCUT2D eigenvalue weighted by molar-refractivity contribution is 5.83. The molecule has 38 heavy (non-hydrogen) atoms. The predicted molar refractivity (Wildman–Crippen MR) is 150 cm³/mol. The van der Waals surface area contributed by atoms with Crippen LogP contribution in [0.4, 0.5) is 0 Å². The monoisotopic (exact) mass is 509 g/mol. The van der Waals surface area contributed by atoms with Crippen LogP contribution in [-0.2, 0) is 24.5 Å². The summed E-state index contributed by atoms with van der Waals surface area (Å²) in [6.45, 7) is 7.51. The number of hydrogen-bond donors (Lipinski definition) is 0. The molecule has 2 aromatic carbocycles. The van der Waals surface area contributed by atoms with Crippen molar-refractivity contribution < 1.29 is 9.53 Å². The van der Waals surface area contributed by atoms with Gasteiger partial charge < -0.3 is 9.64 Å². The molecule has 0 unspecified atom stereocenters. The topological polar surface area (TPSA) is 63.5 Å². The van der Waals surface area contributed by atoms with E-state index in [4.69, 9.17) is 9.84 Å². The fraction of sp³-hybridized carbons (Fsp3) is 0.323. The Bertz CT molecular complexity index is 1380. The number of pyridine rings is 1. The molecule has 0 N–H and O–H groups in total. The second-order valence-corrected chi connectivity index (χ2v) is 10.3. The number of fused-ring (bicyclic) bond motifs is 1. The first-order valence-corrected chi connectivity index (χ1v) is 13.1. The largest absolute Gasteiger partial charge is 0.489 e. The van der Waals surface area contributed by atoms with Crippen molar-refractivity contribution in [3.63, 3.8) is 0 Å². The molecule has 1 amide bonds. The zero-order chi connectivity index (χ0) is 26.6. The SMILES string of the molecule is CC(C)c1ccc(COc2ccc(-c3c(-c4ccncc4)nn4c3CN(CC(=O)N(C)C)CC4)cc2)cc1. The molecule has 0 fully saturated rings. The minimum Gasteiger partial charge on any atom is -0.489 e. The third-order valence-electron chi connectivity index (χ3n) is 7.07. The zero-order valence-electron chi connectivity index (χ0n) is 22.6. The van der Waals surface area contributed by atoms with Crippen molar-refractivity contribution in [1.82, 2.24) is 24.6 Å². The van der Waals surface area contributed by atoms with Gasteiger partial charge in [-0.2, -0.15) is 5.10 Å². The van der Waals surface area contributed by atoms with E-state index >= 15 is 0 Å². The number of benzene rings is 2. The van der Waals surface area contributed by atoms with Gasteiger partial charge in [0, 0.05) is 50.7 Å². The number of amides is 1. The standard InChI is InChI=1S/C31H35N5O2/c1-22(2)24-7-5-23(6-8-24)21-38-27-11-9-25(10-12-27)30-28-19-35(20-29(37)34(3)4)17-18-36(28)33-31(30)26-13-15-32-16-14-26/h5-16,22H,17-21H2,1-4H3. The fourth-order valence-electron chi connectivity index (χ4n) is 4.74. The lowest BCUT2D eigenvalue weighted by atomic mass is 9.98. The van der Waals surface area contributed by atoms with Crippen LogP contribution < -0.4 is 4.74 Å². The molecule has 2 aromatic heterocycles. The molecule has 0 saturated carbocycles. The Balaban J connectivity index is 1.40. The van der Waals surface area contributed by atoms with Crippen molar-refractivity contribution in [2.75, 3.05) is 27.2 Å². The smallest absolute Gasteiger partial charge is 0.236 e. The molecule has 1 aliphatic heterocycles. The van der Waals surface area contributed by atoms with Crippen LogP contribution >= 0.6 is 0 Å². The fourth-order valence-corrected chi connectivity index (χ4v) is 4.74. The molecule has 5 rings (SSSR count). The summed E-state index contributed by atoms with van der Waals surface area (Å²) in [6.07, 6.45) is 3.59. The summed E-state index contributed by atoms with van der Waals surface area (Å²) in [4.78, 5) is 20.4. The van der Waals surface area contributed by atoms with Gasteiger partial charge in [0.2, 0.25) is 5.91 Å². The Hall–Kier alpha value is -3.97. The summed E-state index contributed by atoms with van der Waals surface area (Å²) < 4.78 is 8.19. The number of ether oxygens (including phenoxy) is 1. The maximum atomic E-state index is 12.4. The summed E-state index contributed by atoms with van der Waals surface area (Å²) in [5, 5.41) is 5.00. The van der Waals surface area contributed by atoms with Gasteiger partial charge >= 0.3 is 0 Å². The molecule has 7 nitrogen and oxygen atoms in total. The first kappa shape index (κ1) is 25.7. The van der Waals surface area contributed by atoms with E-state index in [1.165, 1.54) is 5.56 Å². The molecule has 3 heterocycles. The third kappa shape index (κ3) is 5.63. The Morgan fingerprint density at radius 2 is 1.66 bits per heavy atom. The van der Waals surface area contributed by atoms with E-state index in [2.05, 4.69) is 64.8 Å². The average Bonchev–Trinajstić information content (AvgIpc) is 3.31. The number of carbonyl (C=O) groups excluding carboxylic acids is 1. The van der Waals surface area contributed by atoms with Crippen LogP contribution in [-0.4, -0.2) is 57.7 Å². The van der Waals surface area contributed by atoms with Crippen molar-refractivity contribution in [3.8, 4) is 28.1 Å². The van der Waals surface area contributed by atoms with Crippen molar-refractivity contribution in [3.05, 3.63) is 89.9 Å². The van der Waals surface area contributed by atoms with E-state index < -0.39 is 0 Å². The Labute approximate surface area is 224 Å². The summed E-state index contributed by atoms with van der Waals surface area (Å²) in [5.41, 5.74) is 7.73. The molecule has 4 aromatic rings. The number of likely N-dealkylation sites (N-methyl/N-ethyl adjacent to an activating group) is 1. The van der Waals surface area contributed by atoms with E-state index in [-0.39, 0.29) is 5.91 Å². The van der Waals surface area contributed by atoms with Crippen molar-refractivity contribution >= 4 is 5.91 Å². The molecule has 0 saturated heterocycles. The molecule has 0 atom stereocenters. The van der Waals surface area contributed by atoms with Crippen LogP contribution in [0.1, 0.15) is 36.6 Å². The molecule has 0 aliphatic carbocycles. The maximum Gasteiger partial charge on any atom is 0.236 e. The molecule has 196 valence electrons. The summed E-state index contributed by atoms with van der Waals surface area (Å²) in [6, 6.07) is 20.8. The number of aromatic nitrogens is 3. The predicted octanol–water partition coefficient (Wildman–Crippen LogP) is 5.22. The van der Waals surface area contributed by atoms with Crippen molar-refractivity contribution in [1.29, 1.82) is 0 Å². The molecule has 0 radical (unpaired) electrons. The Kier molecular flexibility index (Phi) is 7.56. The van der Waals surface area contributed by atoms with Crippen molar-refractivity contribution in [2.45, 2.75) is 39.5 Å². The number of hydrogen-bond acceptors (Lipinski definition) is 5. The van der Waals surface area contributed by atoms with Crippen LogP contribution in [0.3, 0.4) is 0 Å².